The smallest absolute Gasteiger partial charge is 0.243 e. The lowest BCUT2D eigenvalue weighted by Gasteiger charge is -2.47. The standard InChI is InChI=1S/C15H26N2O2/c1-9(2)14-15(19)16-8-13(18)17(14)12-6-5-10(3)7-11(12)4/h9-12,14H,5-8H2,1-4H3,(H,16,19). The average molecular weight is 266 g/mol. The normalized spacial score (nSPS) is 36.6. The number of hydrogen-bond acceptors (Lipinski definition) is 2. The van der Waals surface area contributed by atoms with E-state index in [0.717, 1.165) is 25.2 Å². The Morgan fingerprint density at radius 1 is 1.21 bits per heavy atom. The Morgan fingerprint density at radius 2 is 1.89 bits per heavy atom. The lowest BCUT2D eigenvalue weighted by atomic mass is 9.78. The van der Waals surface area contributed by atoms with Gasteiger partial charge in [0.2, 0.25) is 11.8 Å². The Balaban J connectivity index is 2.22. The molecule has 19 heavy (non-hydrogen) atoms. The highest BCUT2D eigenvalue weighted by atomic mass is 16.2. The third-order valence-corrected chi connectivity index (χ3v) is 4.65. The van der Waals surface area contributed by atoms with E-state index in [1.807, 2.05) is 18.7 Å². The number of nitrogens with zero attached hydrogens (tertiary/aromatic N) is 1. The largest absolute Gasteiger partial charge is 0.345 e. The number of hydrogen-bond donors (Lipinski definition) is 1. The summed E-state index contributed by atoms with van der Waals surface area (Å²) in [4.78, 5) is 26.3. The Bertz CT molecular complexity index is 367. The summed E-state index contributed by atoms with van der Waals surface area (Å²) in [5.41, 5.74) is 0. The van der Waals surface area contributed by atoms with Crippen molar-refractivity contribution in [3.8, 4) is 0 Å². The van der Waals surface area contributed by atoms with Crippen LogP contribution in [0.5, 0.6) is 0 Å². The Labute approximate surface area is 115 Å². The number of carbonyl (C=O) groups excluding carboxylic acids is 2. The predicted molar refractivity (Wildman–Crippen MR) is 74.4 cm³/mol. The van der Waals surface area contributed by atoms with Gasteiger partial charge >= 0.3 is 0 Å². The van der Waals surface area contributed by atoms with Gasteiger partial charge in [0.25, 0.3) is 0 Å². The number of piperazine rings is 1. The highest BCUT2D eigenvalue weighted by Crippen LogP contribution is 2.34. The number of amides is 2. The number of rotatable bonds is 2. The molecule has 0 bridgehead atoms. The maximum absolute atomic E-state index is 12.3. The van der Waals surface area contributed by atoms with Crippen LogP contribution in [0.2, 0.25) is 0 Å². The molecular weight excluding hydrogens is 240 g/mol. The molecule has 1 aliphatic heterocycles. The monoisotopic (exact) mass is 266 g/mol. The van der Waals surface area contributed by atoms with Gasteiger partial charge in [-0.05, 0) is 37.0 Å². The average Bonchev–Trinajstić information content (AvgIpc) is 2.32. The molecule has 4 atom stereocenters. The van der Waals surface area contributed by atoms with Gasteiger partial charge in [0, 0.05) is 6.04 Å². The van der Waals surface area contributed by atoms with Crippen molar-refractivity contribution in [1.29, 1.82) is 0 Å². The summed E-state index contributed by atoms with van der Waals surface area (Å²) in [6.07, 6.45) is 3.34. The molecule has 1 saturated carbocycles. The van der Waals surface area contributed by atoms with E-state index < -0.39 is 0 Å². The van der Waals surface area contributed by atoms with Crippen LogP contribution in [-0.4, -0.2) is 35.3 Å². The van der Waals surface area contributed by atoms with Crippen molar-refractivity contribution in [1.82, 2.24) is 10.2 Å². The second-order valence-electron chi connectivity index (χ2n) is 6.67. The zero-order valence-corrected chi connectivity index (χ0v) is 12.5. The molecule has 0 aromatic carbocycles. The number of nitrogens with one attached hydrogen (secondary N) is 1. The topological polar surface area (TPSA) is 49.4 Å². The molecule has 0 aromatic rings. The summed E-state index contributed by atoms with van der Waals surface area (Å²) in [7, 11) is 0. The van der Waals surface area contributed by atoms with Crippen LogP contribution in [0, 0.1) is 17.8 Å². The summed E-state index contributed by atoms with van der Waals surface area (Å²) in [5.74, 6) is 1.48. The Hall–Kier alpha value is -1.06. The summed E-state index contributed by atoms with van der Waals surface area (Å²) in [6.45, 7) is 8.70. The van der Waals surface area contributed by atoms with Gasteiger partial charge in [-0.15, -0.1) is 0 Å². The summed E-state index contributed by atoms with van der Waals surface area (Å²) < 4.78 is 0. The van der Waals surface area contributed by atoms with E-state index >= 15 is 0 Å². The molecule has 1 heterocycles. The van der Waals surface area contributed by atoms with Crippen LogP contribution in [0.3, 0.4) is 0 Å². The maximum Gasteiger partial charge on any atom is 0.243 e. The number of carbonyl (C=O) groups is 2. The maximum atomic E-state index is 12.3. The highest BCUT2D eigenvalue weighted by Gasteiger charge is 2.43. The lowest BCUT2D eigenvalue weighted by Crippen LogP contribution is -2.64. The van der Waals surface area contributed by atoms with Crippen LogP contribution in [0.4, 0.5) is 0 Å². The fourth-order valence-electron chi connectivity index (χ4n) is 3.72. The molecule has 1 N–H and O–H groups in total. The van der Waals surface area contributed by atoms with E-state index in [-0.39, 0.29) is 36.4 Å². The van der Waals surface area contributed by atoms with Gasteiger partial charge in [0.1, 0.15) is 6.04 Å². The third kappa shape index (κ3) is 2.77. The predicted octanol–water partition coefficient (Wildman–Crippen LogP) is 1.79. The summed E-state index contributed by atoms with van der Waals surface area (Å²) in [6, 6.07) is -0.0516. The zero-order chi connectivity index (χ0) is 14.2. The molecule has 2 amide bonds. The minimum atomic E-state index is -0.290. The Kier molecular flexibility index (Phi) is 4.16. The van der Waals surface area contributed by atoms with Crippen LogP contribution in [0.25, 0.3) is 0 Å². The fraction of sp³-hybridized carbons (Fsp3) is 0.867. The first kappa shape index (κ1) is 14.4. The van der Waals surface area contributed by atoms with Crippen LogP contribution < -0.4 is 5.32 Å². The second kappa shape index (κ2) is 5.51. The lowest BCUT2D eigenvalue weighted by molar-refractivity contribution is -0.152. The van der Waals surface area contributed by atoms with Crippen molar-refractivity contribution >= 4 is 11.8 Å². The van der Waals surface area contributed by atoms with E-state index in [4.69, 9.17) is 0 Å². The zero-order valence-electron chi connectivity index (χ0n) is 12.5. The minimum Gasteiger partial charge on any atom is -0.345 e. The minimum absolute atomic E-state index is 0.0143. The van der Waals surface area contributed by atoms with E-state index in [0.29, 0.717) is 5.92 Å². The van der Waals surface area contributed by atoms with E-state index in [9.17, 15) is 9.59 Å². The first-order valence-corrected chi connectivity index (χ1v) is 7.50. The van der Waals surface area contributed by atoms with Crippen LogP contribution in [0.1, 0.15) is 47.0 Å². The van der Waals surface area contributed by atoms with Crippen LogP contribution in [0.15, 0.2) is 0 Å². The molecule has 1 saturated heterocycles. The van der Waals surface area contributed by atoms with Crippen molar-refractivity contribution in [3.05, 3.63) is 0 Å². The molecule has 0 aromatic heterocycles. The van der Waals surface area contributed by atoms with Gasteiger partial charge in [0.15, 0.2) is 0 Å². The van der Waals surface area contributed by atoms with Crippen molar-refractivity contribution in [2.45, 2.75) is 59.0 Å². The first-order chi connectivity index (χ1) is 8.91. The molecule has 0 radical (unpaired) electrons. The van der Waals surface area contributed by atoms with Gasteiger partial charge in [0.05, 0.1) is 6.54 Å². The SMILES string of the molecule is CC1CCC(N2C(=O)CNC(=O)C2C(C)C)C(C)C1. The van der Waals surface area contributed by atoms with E-state index in [1.54, 1.807) is 0 Å². The molecule has 4 nitrogen and oxygen atoms in total. The molecule has 108 valence electrons. The van der Waals surface area contributed by atoms with Crippen molar-refractivity contribution in [2.24, 2.45) is 17.8 Å². The third-order valence-electron chi connectivity index (χ3n) is 4.65. The van der Waals surface area contributed by atoms with E-state index in [1.165, 1.54) is 0 Å². The molecule has 4 heteroatoms. The first-order valence-electron chi connectivity index (χ1n) is 7.50. The molecule has 2 aliphatic rings. The van der Waals surface area contributed by atoms with Gasteiger partial charge in [-0.3, -0.25) is 9.59 Å². The van der Waals surface area contributed by atoms with E-state index in [2.05, 4.69) is 19.2 Å². The van der Waals surface area contributed by atoms with Crippen molar-refractivity contribution < 1.29 is 9.59 Å². The fourth-order valence-corrected chi connectivity index (χ4v) is 3.72. The second-order valence-corrected chi connectivity index (χ2v) is 6.67. The molecule has 2 rings (SSSR count). The van der Waals surface area contributed by atoms with Crippen LogP contribution >= 0.6 is 0 Å². The van der Waals surface area contributed by atoms with Crippen molar-refractivity contribution in [3.63, 3.8) is 0 Å². The van der Waals surface area contributed by atoms with Gasteiger partial charge in [-0.25, -0.2) is 0 Å². The molecule has 4 unspecified atom stereocenters. The molecule has 0 spiro atoms. The van der Waals surface area contributed by atoms with Crippen molar-refractivity contribution in [2.75, 3.05) is 6.54 Å². The molecule has 2 fully saturated rings. The molecule has 1 aliphatic carbocycles. The summed E-state index contributed by atoms with van der Waals surface area (Å²) >= 11 is 0. The quantitative estimate of drug-likeness (QED) is 0.828. The van der Waals surface area contributed by atoms with Gasteiger partial charge in [-0.2, -0.15) is 0 Å². The summed E-state index contributed by atoms with van der Waals surface area (Å²) in [5, 5.41) is 2.73. The van der Waals surface area contributed by atoms with Gasteiger partial charge in [-0.1, -0.05) is 27.7 Å². The van der Waals surface area contributed by atoms with Crippen LogP contribution in [-0.2, 0) is 9.59 Å². The highest BCUT2D eigenvalue weighted by molar-refractivity contribution is 5.95. The Morgan fingerprint density at radius 3 is 2.47 bits per heavy atom. The van der Waals surface area contributed by atoms with Gasteiger partial charge < -0.3 is 10.2 Å². The molecular formula is C15H26N2O2.